The van der Waals surface area contributed by atoms with Crippen molar-refractivity contribution in [3.8, 4) is 0 Å². The molecule has 0 fully saturated rings. The maximum Gasteiger partial charge on any atom is 0.306 e. The van der Waals surface area contributed by atoms with Crippen molar-refractivity contribution >= 4 is 17.9 Å². The van der Waals surface area contributed by atoms with E-state index in [9.17, 15) is 14.4 Å². The van der Waals surface area contributed by atoms with Crippen LogP contribution in [0.1, 0.15) is 240 Å². The molecule has 50 heavy (non-hydrogen) atoms. The number of hydrogen-bond donors (Lipinski definition) is 0. The van der Waals surface area contributed by atoms with Gasteiger partial charge in [0.05, 0.1) is 0 Å². The second kappa shape index (κ2) is 38.6. The van der Waals surface area contributed by atoms with Crippen LogP contribution in [-0.2, 0) is 28.6 Å². The zero-order chi connectivity index (χ0) is 36.8. The van der Waals surface area contributed by atoms with Gasteiger partial charge in [0.1, 0.15) is 13.2 Å². The Morgan fingerprint density at radius 2 is 0.700 bits per heavy atom. The molecule has 296 valence electrons. The Labute approximate surface area is 310 Å². The van der Waals surface area contributed by atoms with Gasteiger partial charge in [0.25, 0.3) is 0 Å². The van der Waals surface area contributed by atoms with Crippen LogP contribution in [0.3, 0.4) is 0 Å². The fraction of sp³-hybridized carbons (Fsp3) is 0.932. The number of ether oxygens (including phenoxy) is 3. The maximum atomic E-state index is 12.7. The largest absolute Gasteiger partial charge is 0.462 e. The van der Waals surface area contributed by atoms with Gasteiger partial charge in [-0.1, -0.05) is 201 Å². The van der Waals surface area contributed by atoms with Gasteiger partial charge in [-0.3, -0.25) is 14.4 Å². The number of hydrogen-bond acceptors (Lipinski definition) is 6. The number of unbranched alkanes of at least 4 members (excludes halogenated alkanes) is 25. The van der Waals surface area contributed by atoms with Crippen LogP contribution in [0.25, 0.3) is 0 Å². The van der Waals surface area contributed by atoms with Crippen LogP contribution in [-0.4, -0.2) is 37.2 Å². The molecule has 0 saturated carbocycles. The third kappa shape index (κ3) is 36.2. The van der Waals surface area contributed by atoms with Gasteiger partial charge in [-0.25, -0.2) is 0 Å². The van der Waals surface area contributed by atoms with Crippen LogP contribution in [0, 0.1) is 5.92 Å². The molecule has 0 aliphatic rings. The maximum absolute atomic E-state index is 12.7. The minimum atomic E-state index is -0.759. The Kier molecular flexibility index (Phi) is 37.4. The summed E-state index contributed by atoms with van der Waals surface area (Å²) in [5, 5.41) is 0. The van der Waals surface area contributed by atoms with Gasteiger partial charge in [0.2, 0.25) is 0 Å². The number of carbonyl (C=O) groups excluding carboxylic acids is 3. The van der Waals surface area contributed by atoms with Crippen LogP contribution in [0.4, 0.5) is 0 Å². The molecular weight excluding hydrogens is 624 g/mol. The molecule has 0 heterocycles. The molecule has 0 radical (unpaired) electrons. The van der Waals surface area contributed by atoms with E-state index in [1.54, 1.807) is 0 Å². The summed E-state index contributed by atoms with van der Waals surface area (Å²) in [7, 11) is 0. The highest BCUT2D eigenvalue weighted by atomic mass is 16.6. The molecule has 0 rings (SSSR count). The summed E-state index contributed by atoms with van der Waals surface area (Å²) < 4.78 is 16.7. The zero-order valence-corrected chi connectivity index (χ0v) is 33.9. The molecule has 0 saturated heterocycles. The third-order valence-electron chi connectivity index (χ3n) is 10.2. The van der Waals surface area contributed by atoms with Gasteiger partial charge >= 0.3 is 17.9 Å². The van der Waals surface area contributed by atoms with E-state index in [1.807, 2.05) is 0 Å². The van der Waals surface area contributed by atoms with Gasteiger partial charge in [-0.05, 0) is 25.2 Å². The fourth-order valence-corrected chi connectivity index (χ4v) is 6.42. The van der Waals surface area contributed by atoms with Crippen LogP contribution in [0.2, 0.25) is 0 Å². The molecule has 2 atom stereocenters. The predicted molar refractivity (Wildman–Crippen MR) is 210 cm³/mol. The summed E-state index contributed by atoms with van der Waals surface area (Å²) in [6.07, 6.45) is 36.5. The van der Waals surface area contributed by atoms with Crippen molar-refractivity contribution in [2.24, 2.45) is 5.92 Å². The highest BCUT2D eigenvalue weighted by Gasteiger charge is 2.19. The second-order valence-electron chi connectivity index (χ2n) is 15.2. The second-order valence-corrected chi connectivity index (χ2v) is 15.2. The molecule has 6 heteroatoms. The van der Waals surface area contributed by atoms with Gasteiger partial charge in [-0.15, -0.1) is 0 Å². The lowest BCUT2D eigenvalue weighted by atomic mass is 10.00. The summed E-state index contributed by atoms with van der Waals surface area (Å²) in [6.45, 7) is 8.94. The first-order valence-electron chi connectivity index (χ1n) is 21.9. The lowest BCUT2D eigenvalue weighted by Gasteiger charge is -2.18. The average Bonchev–Trinajstić information content (AvgIpc) is 3.11. The number of rotatable bonds is 39. The van der Waals surface area contributed by atoms with Crippen molar-refractivity contribution in [3.05, 3.63) is 0 Å². The standard InChI is InChI=1S/C44H84O6/c1-5-8-10-12-14-16-18-19-21-23-28-32-36-43(46)49-39-41(50-44(47)37-33-29-25-24-26-30-34-40(4)7-3)38-48-42(45)35-31-27-22-20-17-15-13-11-9-6-2/h40-41H,5-39H2,1-4H3/t40?,41-/m1/s1. The minimum absolute atomic E-state index is 0.0649. The van der Waals surface area contributed by atoms with E-state index in [0.717, 1.165) is 63.7 Å². The molecule has 0 amide bonds. The Morgan fingerprint density at radius 1 is 0.400 bits per heavy atom. The van der Waals surface area contributed by atoms with E-state index in [0.29, 0.717) is 19.3 Å². The van der Waals surface area contributed by atoms with Crippen molar-refractivity contribution < 1.29 is 28.6 Å². The first kappa shape index (κ1) is 48.4. The van der Waals surface area contributed by atoms with Crippen molar-refractivity contribution in [2.75, 3.05) is 13.2 Å². The van der Waals surface area contributed by atoms with Gasteiger partial charge in [-0.2, -0.15) is 0 Å². The van der Waals surface area contributed by atoms with Gasteiger partial charge in [0.15, 0.2) is 6.10 Å². The normalized spacial score (nSPS) is 12.5. The van der Waals surface area contributed by atoms with Crippen LogP contribution < -0.4 is 0 Å². The van der Waals surface area contributed by atoms with Gasteiger partial charge < -0.3 is 14.2 Å². The predicted octanol–water partition coefficient (Wildman–Crippen LogP) is 13.6. The molecular formula is C44H84O6. The number of carbonyl (C=O) groups is 3. The molecule has 0 spiro atoms. The minimum Gasteiger partial charge on any atom is -0.462 e. The quantitative estimate of drug-likeness (QED) is 0.0359. The fourth-order valence-electron chi connectivity index (χ4n) is 6.42. The monoisotopic (exact) mass is 709 g/mol. The molecule has 6 nitrogen and oxygen atoms in total. The van der Waals surface area contributed by atoms with Crippen molar-refractivity contribution in [3.63, 3.8) is 0 Å². The topological polar surface area (TPSA) is 78.9 Å². The van der Waals surface area contributed by atoms with Crippen LogP contribution in [0.5, 0.6) is 0 Å². The van der Waals surface area contributed by atoms with Crippen molar-refractivity contribution in [2.45, 2.75) is 246 Å². The van der Waals surface area contributed by atoms with E-state index in [-0.39, 0.29) is 31.1 Å². The summed E-state index contributed by atoms with van der Waals surface area (Å²) in [6, 6.07) is 0. The Morgan fingerprint density at radius 3 is 1.04 bits per heavy atom. The summed E-state index contributed by atoms with van der Waals surface area (Å²) >= 11 is 0. The summed E-state index contributed by atoms with van der Waals surface area (Å²) in [5.41, 5.74) is 0. The molecule has 0 aromatic carbocycles. The van der Waals surface area contributed by atoms with E-state index in [1.165, 1.54) is 135 Å². The third-order valence-corrected chi connectivity index (χ3v) is 10.2. The molecule has 0 aliphatic carbocycles. The number of esters is 3. The Hall–Kier alpha value is -1.59. The first-order valence-corrected chi connectivity index (χ1v) is 21.9. The van der Waals surface area contributed by atoms with Crippen LogP contribution >= 0.6 is 0 Å². The highest BCUT2D eigenvalue weighted by molar-refractivity contribution is 5.71. The van der Waals surface area contributed by atoms with E-state index in [2.05, 4.69) is 27.7 Å². The first-order chi connectivity index (χ1) is 24.4. The lowest BCUT2D eigenvalue weighted by Crippen LogP contribution is -2.30. The molecule has 0 N–H and O–H groups in total. The molecule has 0 aliphatic heterocycles. The average molecular weight is 709 g/mol. The summed E-state index contributed by atoms with van der Waals surface area (Å²) in [4.78, 5) is 37.6. The van der Waals surface area contributed by atoms with Crippen molar-refractivity contribution in [1.29, 1.82) is 0 Å². The Bertz CT molecular complexity index is 753. The van der Waals surface area contributed by atoms with Crippen molar-refractivity contribution in [1.82, 2.24) is 0 Å². The SMILES string of the molecule is CCCCCCCCCCCCCCC(=O)OC[C@@H](COC(=O)CCCCCCCCCCCC)OC(=O)CCCCCCCCC(C)CC. The van der Waals surface area contributed by atoms with E-state index < -0.39 is 6.10 Å². The van der Waals surface area contributed by atoms with Crippen LogP contribution in [0.15, 0.2) is 0 Å². The van der Waals surface area contributed by atoms with E-state index in [4.69, 9.17) is 14.2 Å². The Balaban J connectivity index is 4.34. The smallest absolute Gasteiger partial charge is 0.306 e. The molecule has 0 aromatic heterocycles. The zero-order valence-electron chi connectivity index (χ0n) is 33.9. The lowest BCUT2D eigenvalue weighted by molar-refractivity contribution is -0.167. The van der Waals surface area contributed by atoms with E-state index >= 15 is 0 Å². The summed E-state index contributed by atoms with van der Waals surface area (Å²) in [5.74, 6) is -0.0511. The highest BCUT2D eigenvalue weighted by Crippen LogP contribution is 2.16. The molecule has 0 bridgehead atoms. The molecule has 1 unspecified atom stereocenters. The van der Waals surface area contributed by atoms with Gasteiger partial charge in [0, 0.05) is 19.3 Å². The molecule has 0 aromatic rings.